The van der Waals surface area contributed by atoms with Crippen molar-refractivity contribution in [1.29, 1.82) is 0 Å². The van der Waals surface area contributed by atoms with Crippen molar-refractivity contribution >= 4 is 11.6 Å². The van der Waals surface area contributed by atoms with E-state index in [4.69, 9.17) is 11.5 Å². The quantitative estimate of drug-likeness (QED) is 0.601. The monoisotopic (exact) mass is 166 g/mol. The lowest BCUT2D eigenvalue weighted by molar-refractivity contribution is 0.569. The number of nitrogens with two attached hydrogens (primary N) is 2. The molecule has 0 radical (unpaired) electrons. The normalized spacial score (nSPS) is 11.6. The summed E-state index contributed by atoms with van der Waals surface area (Å²) in [5.74, 6) is 0.781. The van der Waals surface area contributed by atoms with Crippen LogP contribution in [-0.4, -0.2) is 9.97 Å². The van der Waals surface area contributed by atoms with Crippen LogP contribution in [0.3, 0.4) is 0 Å². The highest BCUT2D eigenvalue weighted by atomic mass is 15.0. The molecule has 0 fully saturated rings. The number of hydrogen-bond donors (Lipinski definition) is 2. The van der Waals surface area contributed by atoms with Gasteiger partial charge in [0.25, 0.3) is 0 Å². The molecule has 66 valence electrons. The fourth-order valence-electron chi connectivity index (χ4n) is 0.996. The SMILES string of the molecule is CC(C)(C)c1ncc(N)nc1N. The Hall–Kier alpha value is -1.32. The van der Waals surface area contributed by atoms with Crippen LogP contribution in [0, 0.1) is 0 Å². The average molecular weight is 166 g/mol. The van der Waals surface area contributed by atoms with Gasteiger partial charge in [-0.25, -0.2) is 4.98 Å². The molecule has 0 atom stereocenters. The Labute approximate surface area is 72.0 Å². The van der Waals surface area contributed by atoms with E-state index in [9.17, 15) is 0 Å². The van der Waals surface area contributed by atoms with Gasteiger partial charge in [0.15, 0.2) is 0 Å². The Morgan fingerprint density at radius 3 is 2.25 bits per heavy atom. The Morgan fingerprint density at radius 2 is 1.83 bits per heavy atom. The van der Waals surface area contributed by atoms with E-state index in [0.717, 1.165) is 5.69 Å². The molecule has 4 N–H and O–H groups in total. The maximum absolute atomic E-state index is 5.65. The van der Waals surface area contributed by atoms with Crippen molar-refractivity contribution in [2.24, 2.45) is 0 Å². The molecule has 1 rings (SSSR count). The topological polar surface area (TPSA) is 77.8 Å². The van der Waals surface area contributed by atoms with Crippen molar-refractivity contribution in [2.45, 2.75) is 26.2 Å². The maximum Gasteiger partial charge on any atom is 0.148 e. The highest BCUT2D eigenvalue weighted by Gasteiger charge is 2.19. The molecule has 0 bridgehead atoms. The molecule has 0 spiro atoms. The first-order chi connectivity index (χ1) is 5.41. The summed E-state index contributed by atoms with van der Waals surface area (Å²) in [4.78, 5) is 8.07. The molecule has 0 aliphatic carbocycles. The highest BCUT2D eigenvalue weighted by Crippen LogP contribution is 2.24. The summed E-state index contributed by atoms with van der Waals surface area (Å²) in [5, 5.41) is 0. The lowest BCUT2D eigenvalue weighted by Gasteiger charge is -2.18. The Balaban J connectivity index is 3.19. The number of hydrogen-bond acceptors (Lipinski definition) is 4. The zero-order valence-corrected chi connectivity index (χ0v) is 7.63. The molecule has 1 aromatic rings. The van der Waals surface area contributed by atoms with Crippen molar-refractivity contribution < 1.29 is 0 Å². The summed E-state index contributed by atoms with van der Waals surface area (Å²) in [7, 11) is 0. The largest absolute Gasteiger partial charge is 0.382 e. The van der Waals surface area contributed by atoms with Gasteiger partial charge < -0.3 is 11.5 Å². The molecule has 0 saturated heterocycles. The average Bonchev–Trinajstić information content (AvgIpc) is 1.83. The molecule has 4 nitrogen and oxygen atoms in total. The summed E-state index contributed by atoms with van der Waals surface area (Å²) < 4.78 is 0. The second kappa shape index (κ2) is 2.62. The lowest BCUT2D eigenvalue weighted by atomic mass is 9.92. The molecule has 0 unspecified atom stereocenters. The van der Waals surface area contributed by atoms with Crippen molar-refractivity contribution in [3.8, 4) is 0 Å². The van der Waals surface area contributed by atoms with Gasteiger partial charge in [0.05, 0.1) is 11.9 Å². The summed E-state index contributed by atoms with van der Waals surface area (Å²) in [6.45, 7) is 6.09. The zero-order valence-electron chi connectivity index (χ0n) is 7.63. The second-order valence-electron chi connectivity index (χ2n) is 3.78. The fourth-order valence-corrected chi connectivity index (χ4v) is 0.996. The number of aromatic nitrogens is 2. The molecule has 0 saturated carbocycles. The molecule has 0 aliphatic rings. The van der Waals surface area contributed by atoms with Crippen LogP contribution in [0.15, 0.2) is 6.20 Å². The van der Waals surface area contributed by atoms with E-state index in [1.807, 2.05) is 20.8 Å². The molecule has 12 heavy (non-hydrogen) atoms. The molecule has 1 aromatic heterocycles. The second-order valence-corrected chi connectivity index (χ2v) is 3.78. The van der Waals surface area contributed by atoms with E-state index >= 15 is 0 Å². The minimum absolute atomic E-state index is 0.0786. The van der Waals surface area contributed by atoms with Crippen LogP contribution in [0.1, 0.15) is 26.5 Å². The molecule has 4 heteroatoms. The predicted octanol–water partition coefficient (Wildman–Crippen LogP) is 0.939. The minimum atomic E-state index is -0.0786. The summed E-state index contributed by atoms with van der Waals surface area (Å²) in [6.07, 6.45) is 1.52. The summed E-state index contributed by atoms with van der Waals surface area (Å²) >= 11 is 0. The van der Waals surface area contributed by atoms with E-state index in [-0.39, 0.29) is 5.41 Å². The van der Waals surface area contributed by atoms with E-state index < -0.39 is 0 Å². The first kappa shape index (κ1) is 8.77. The van der Waals surface area contributed by atoms with Crippen LogP contribution in [0.5, 0.6) is 0 Å². The number of anilines is 2. The van der Waals surface area contributed by atoms with E-state index in [2.05, 4.69) is 9.97 Å². The van der Waals surface area contributed by atoms with Crippen molar-refractivity contribution in [2.75, 3.05) is 11.5 Å². The van der Waals surface area contributed by atoms with Crippen LogP contribution in [0.4, 0.5) is 11.6 Å². The van der Waals surface area contributed by atoms with Crippen molar-refractivity contribution in [1.82, 2.24) is 9.97 Å². The lowest BCUT2D eigenvalue weighted by Crippen LogP contribution is -2.17. The van der Waals surface area contributed by atoms with Gasteiger partial charge in [0.2, 0.25) is 0 Å². The molecule has 0 aromatic carbocycles. The Kier molecular flexibility index (Phi) is 1.92. The van der Waals surface area contributed by atoms with Crippen LogP contribution in [0.2, 0.25) is 0 Å². The first-order valence-electron chi connectivity index (χ1n) is 3.80. The van der Waals surface area contributed by atoms with Crippen molar-refractivity contribution in [3.63, 3.8) is 0 Å². The first-order valence-corrected chi connectivity index (χ1v) is 3.80. The van der Waals surface area contributed by atoms with Gasteiger partial charge in [-0.05, 0) is 0 Å². The van der Waals surface area contributed by atoms with Gasteiger partial charge in [-0.15, -0.1) is 0 Å². The van der Waals surface area contributed by atoms with Gasteiger partial charge in [-0.3, -0.25) is 4.98 Å². The van der Waals surface area contributed by atoms with Gasteiger partial charge in [-0.2, -0.15) is 0 Å². The third-order valence-electron chi connectivity index (χ3n) is 1.53. The van der Waals surface area contributed by atoms with Gasteiger partial charge in [0, 0.05) is 5.41 Å². The van der Waals surface area contributed by atoms with Crippen LogP contribution >= 0.6 is 0 Å². The molecular formula is C8H14N4. The number of nitrogens with zero attached hydrogens (tertiary/aromatic N) is 2. The zero-order chi connectivity index (χ0) is 9.35. The van der Waals surface area contributed by atoms with Crippen molar-refractivity contribution in [3.05, 3.63) is 11.9 Å². The smallest absolute Gasteiger partial charge is 0.148 e. The van der Waals surface area contributed by atoms with Crippen LogP contribution in [-0.2, 0) is 5.41 Å². The molecule has 1 heterocycles. The highest BCUT2D eigenvalue weighted by molar-refractivity contribution is 5.43. The van der Waals surface area contributed by atoms with Crippen LogP contribution in [0.25, 0.3) is 0 Å². The number of rotatable bonds is 0. The third-order valence-corrected chi connectivity index (χ3v) is 1.53. The Bertz CT molecular complexity index is 288. The van der Waals surface area contributed by atoms with E-state index in [0.29, 0.717) is 11.6 Å². The third kappa shape index (κ3) is 1.64. The van der Waals surface area contributed by atoms with Gasteiger partial charge in [0.1, 0.15) is 11.6 Å². The number of nitrogen functional groups attached to an aromatic ring is 2. The summed E-state index contributed by atoms with van der Waals surface area (Å²) in [6, 6.07) is 0. The minimum Gasteiger partial charge on any atom is -0.382 e. The Morgan fingerprint density at radius 1 is 1.25 bits per heavy atom. The van der Waals surface area contributed by atoms with Gasteiger partial charge in [-0.1, -0.05) is 20.8 Å². The molecular weight excluding hydrogens is 152 g/mol. The van der Waals surface area contributed by atoms with E-state index in [1.54, 1.807) is 0 Å². The van der Waals surface area contributed by atoms with Crippen LogP contribution < -0.4 is 11.5 Å². The summed E-state index contributed by atoms with van der Waals surface area (Å²) in [5.41, 5.74) is 11.8. The van der Waals surface area contributed by atoms with E-state index in [1.165, 1.54) is 6.20 Å². The van der Waals surface area contributed by atoms with Gasteiger partial charge >= 0.3 is 0 Å². The maximum atomic E-state index is 5.65. The standard InChI is InChI=1S/C8H14N4/c1-8(2,3)6-7(10)12-5(9)4-11-6/h4H,1-3H3,(H4,9,10,12). The molecule has 0 aliphatic heterocycles. The molecule has 0 amide bonds. The fraction of sp³-hybridized carbons (Fsp3) is 0.500. The predicted molar refractivity (Wildman–Crippen MR) is 49.6 cm³/mol.